The van der Waals surface area contributed by atoms with Gasteiger partial charge in [0, 0.05) is 34.2 Å². The average molecular weight is 392 g/mol. The number of amides is 2. The van der Waals surface area contributed by atoms with Crippen LogP contribution in [0.15, 0.2) is 36.7 Å². The Balaban J connectivity index is 1.69. The highest BCUT2D eigenvalue weighted by Crippen LogP contribution is 2.23. The van der Waals surface area contributed by atoms with Gasteiger partial charge in [-0.1, -0.05) is 42.5 Å². The average Bonchev–Trinajstić information content (AvgIpc) is 2.62. The maximum atomic E-state index is 12.4. The molecule has 3 rings (SSSR count). The summed E-state index contributed by atoms with van der Waals surface area (Å²) in [5.41, 5.74) is 1.13. The Morgan fingerprint density at radius 2 is 1.50 bits per heavy atom. The Hall–Kier alpha value is -2.11. The predicted molar refractivity (Wildman–Crippen MR) is 103 cm³/mol. The molecule has 1 aromatic carbocycles. The van der Waals surface area contributed by atoms with E-state index in [1.54, 1.807) is 18.2 Å². The molecule has 136 valence electrons. The number of aromatic nitrogens is 1. The molecular weight excluding hydrogens is 373 g/mol. The summed E-state index contributed by atoms with van der Waals surface area (Å²) in [6.45, 7) is 0. The Morgan fingerprint density at radius 1 is 0.885 bits per heavy atom. The number of benzene rings is 1. The number of carbonyl (C=O) groups excluding carboxylic acids is 2. The number of nitrogens with zero attached hydrogens (tertiary/aromatic N) is 1. The third-order valence-corrected chi connectivity index (χ3v) is 4.76. The minimum atomic E-state index is -0.386. The van der Waals surface area contributed by atoms with Crippen LogP contribution in [0.5, 0.6) is 0 Å². The molecule has 1 aliphatic carbocycles. The van der Waals surface area contributed by atoms with E-state index in [-0.39, 0.29) is 23.4 Å². The third kappa shape index (κ3) is 4.96. The van der Waals surface area contributed by atoms with Crippen LogP contribution in [0, 0.1) is 0 Å². The first-order valence-corrected chi connectivity index (χ1v) is 9.30. The van der Waals surface area contributed by atoms with Gasteiger partial charge >= 0.3 is 0 Å². The zero-order chi connectivity index (χ0) is 18.5. The fourth-order valence-corrected chi connectivity index (χ4v) is 3.56. The molecule has 2 amide bonds. The standard InChI is InChI=1S/C19H19Cl2N3O2/c20-14-7-15(21)9-17(8-14)24-19(26)13-6-12(10-22-11-13)18(25)23-16-4-2-1-3-5-16/h6-11,16H,1-5H2,(H,23,25)(H,24,26). The molecule has 0 aliphatic heterocycles. The van der Waals surface area contributed by atoms with Gasteiger partial charge in [0.15, 0.2) is 0 Å². The van der Waals surface area contributed by atoms with Gasteiger partial charge in [-0.05, 0) is 37.1 Å². The molecule has 1 aliphatic rings. The first kappa shape index (κ1) is 18.7. The fraction of sp³-hybridized carbons (Fsp3) is 0.316. The molecule has 2 N–H and O–H groups in total. The number of hydrogen-bond acceptors (Lipinski definition) is 3. The van der Waals surface area contributed by atoms with Crippen molar-refractivity contribution in [2.45, 2.75) is 38.1 Å². The quantitative estimate of drug-likeness (QED) is 0.792. The van der Waals surface area contributed by atoms with Crippen molar-refractivity contribution >= 4 is 40.7 Å². The Morgan fingerprint density at radius 3 is 2.15 bits per heavy atom. The fourth-order valence-electron chi connectivity index (χ4n) is 3.03. The van der Waals surface area contributed by atoms with Crippen molar-refractivity contribution in [1.82, 2.24) is 10.3 Å². The van der Waals surface area contributed by atoms with Gasteiger partial charge < -0.3 is 10.6 Å². The van der Waals surface area contributed by atoms with E-state index in [1.807, 2.05) is 0 Å². The summed E-state index contributed by atoms with van der Waals surface area (Å²) < 4.78 is 0. The number of anilines is 1. The van der Waals surface area contributed by atoms with Gasteiger partial charge in [-0.25, -0.2) is 0 Å². The molecule has 7 heteroatoms. The third-order valence-electron chi connectivity index (χ3n) is 4.32. The van der Waals surface area contributed by atoms with E-state index in [9.17, 15) is 9.59 Å². The topological polar surface area (TPSA) is 71.1 Å². The highest BCUT2D eigenvalue weighted by atomic mass is 35.5. The van der Waals surface area contributed by atoms with Crippen LogP contribution in [0.2, 0.25) is 10.0 Å². The summed E-state index contributed by atoms with van der Waals surface area (Å²) in [7, 11) is 0. The zero-order valence-corrected chi connectivity index (χ0v) is 15.6. The Bertz CT molecular complexity index is 800. The van der Waals surface area contributed by atoms with Crippen LogP contribution in [0.25, 0.3) is 0 Å². The van der Waals surface area contributed by atoms with Crippen LogP contribution in [-0.4, -0.2) is 22.8 Å². The summed E-state index contributed by atoms with van der Waals surface area (Å²) >= 11 is 11.9. The van der Waals surface area contributed by atoms with E-state index in [2.05, 4.69) is 15.6 Å². The van der Waals surface area contributed by atoms with Crippen LogP contribution >= 0.6 is 23.2 Å². The second-order valence-electron chi connectivity index (χ2n) is 6.38. The van der Waals surface area contributed by atoms with E-state index in [0.29, 0.717) is 21.3 Å². The summed E-state index contributed by atoms with van der Waals surface area (Å²) in [6.07, 6.45) is 8.35. The zero-order valence-electron chi connectivity index (χ0n) is 14.1. The van der Waals surface area contributed by atoms with Crippen LogP contribution in [0.3, 0.4) is 0 Å². The molecule has 2 aromatic rings. The molecule has 0 atom stereocenters. The smallest absolute Gasteiger partial charge is 0.257 e. The van der Waals surface area contributed by atoms with Crippen molar-refractivity contribution in [2.24, 2.45) is 0 Å². The monoisotopic (exact) mass is 391 g/mol. The van der Waals surface area contributed by atoms with Crippen molar-refractivity contribution in [2.75, 3.05) is 5.32 Å². The first-order valence-electron chi connectivity index (χ1n) is 8.54. The van der Waals surface area contributed by atoms with Gasteiger partial charge in [0.25, 0.3) is 11.8 Å². The largest absolute Gasteiger partial charge is 0.349 e. The SMILES string of the molecule is O=C(Nc1cc(Cl)cc(Cl)c1)c1cncc(C(=O)NC2CCCCC2)c1. The van der Waals surface area contributed by atoms with Gasteiger partial charge in [0.05, 0.1) is 11.1 Å². The lowest BCUT2D eigenvalue weighted by Gasteiger charge is -2.22. The van der Waals surface area contributed by atoms with E-state index in [4.69, 9.17) is 23.2 Å². The second-order valence-corrected chi connectivity index (χ2v) is 7.26. The summed E-state index contributed by atoms with van der Waals surface area (Å²) in [6, 6.07) is 6.50. The van der Waals surface area contributed by atoms with Crippen molar-refractivity contribution in [3.63, 3.8) is 0 Å². The maximum Gasteiger partial charge on any atom is 0.257 e. The molecule has 0 spiro atoms. The van der Waals surface area contributed by atoms with Crippen LogP contribution in [0.4, 0.5) is 5.69 Å². The molecule has 1 fully saturated rings. The highest BCUT2D eigenvalue weighted by Gasteiger charge is 2.18. The maximum absolute atomic E-state index is 12.4. The Labute approximate surface area is 162 Å². The van der Waals surface area contributed by atoms with Gasteiger partial charge in [-0.2, -0.15) is 0 Å². The van der Waals surface area contributed by atoms with Crippen LogP contribution < -0.4 is 10.6 Å². The molecular formula is C19H19Cl2N3O2. The minimum Gasteiger partial charge on any atom is -0.349 e. The lowest BCUT2D eigenvalue weighted by Crippen LogP contribution is -2.36. The number of carbonyl (C=O) groups is 2. The number of nitrogens with one attached hydrogen (secondary N) is 2. The van der Waals surface area contributed by atoms with Gasteiger partial charge in [-0.15, -0.1) is 0 Å². The second kappa shape index (κ2) is 8.52. The molecule has 0 radical (unpaired) electrons. The minimum absolute atomic E-state index is 0.197. The van der Waals surface area contributed by atoms with Gasteiger partial charge in [-0.3, -0.25) is 14.6 Å². The van der Waals surface area contributed by atoms with E-state index in [0.717, 1.165) is 25.7 Å². The molecule has 1 saturated carbocycles. The lowest BCUT2D eigenvalue weighted by molar-refractivity contribution is 0.0927. The normalized spacial score (nSPS) is 14.7. The molecule has 0 saturated heterocycles. The number of hydrogen-bond donors (Lipinski definition) is 2. The van der Waals surface area contributed by atoms with Crippen molar-refractivity contribution in [1.29, 1.82) is 0 Å². The molecule has 0 bridgehead atoms. The molecule has 1 heterocycles. The highest BCUT2D eigenvalue weighted by molar-refractivity contribution is 6.35. The Kier molecular flexibility index (Phi) is 6.12. The van der Waals surface area contributed by atoms with Crippen molar-refractivity contribution < 1.29 is 9.59 Å². The van der Waals surface area contributed by atoms with E-state index < -0.39 is 0 Å². The van der Waals surface area contributed by atoms with Crippen LogP contribution in [-0.2, 0) is 0 Å². The van der Waals surface area contributed by atoms with Gasteiger partial charge in [0.2, 0.25) is 0 Å². The van der Waals surface area contributed by atoms with Crippen molar-refractivity contribution in [3.8, 4) is 0 Å². The summed E-state index contributed by atoms with van der Waals surface area (Å²) in [5, 5.41) is 6.57. The lowest BCUT2D eigenvalue weighted by atomic mass is 9.95. The number of rotatable bonds is 4. The first-order chi connectivity index (χ1) is 12.5. The van der Waals surface area contributed by atoms with E-state index in [1.165, 1.54) is 24.9 Å². The predicted octanol–water partition coefficient (Wildman–Crippen LogP) is 4.70. The molecule has 0 unspecified atom stereocenters. The van der Waals surface area contributed by atoms with Crippen LogP contribution in [0.1, 0.15) is 52.8 Å². The molecule has 1 aromatic heterocycles. The molecule has 26 heavy (non-hydrogen) atoms. The van der Waals surface area contributed by atoms with E-state index >= 15 is 0 Å². The van der Waals surface area contributed by atoms with Crippen molar-refractivity contribution in [3.05, 3.63) is 57.8 Å². The number of pyridine rings is 1. The van der Waals surface area contributed by atoms with Gasteiger partial charge in [0.1, 0.15) is 0 Å². The summed E-state index contributed by atoms with van der Waals surface area (Å²) in [4.78, 5) is 28.9. The summed E-state index contributed by atoms with van der Waals surface area (Å²) in [5.74, 6) is -0.590. The molecule has 5 nitrogen and oxygen atoms in total. The number of halogens is 2.